The van der Waals surface area contributed by atoms with Gasteiger partial charge >= 0.3 is 0 Å². The first-order valence-electron chi connectivity index (χ1n) is 8.73. The summed E-state index contributed by atoms with van der Waals surface area (Å²) in [6.45, 7) is 1.99. The second-order valence-electron chi connectivity index (χ2n) is 6.49. The molecule has 1 N–H and O–H groups in total. The van der Waals surface area contributed by atoms with Crippen molar-refractivity contribution in [2.24, 2.45) is 4.99 Å². The van der Waals surface area contributed by atoms with Gasteiger partial charge in [0.05, 0.1) is 5.71 Å². The highest BCUT2D eigenvalue weighted by molar-refractivity contribution is 6.30. The van der Waals surface area contributed by atoms with Crippen molar-refractivity contribution >= 4 is 17.4 Å². The fraction of sp³-hybridized carbons (Fsp3) is 0.227. The number of hydrogen-bond donors (Lipinski definition) is 1. The molecule has 0 aromatic heterocycles. The summed E-state index contributed by atoms with van der Waals surface area (Å²) in [6.07, 6.45) is 1.79. The van der Waals surface area contributed by atoms with E-state index in [1.807, 2.05) is 61.5 Å². The van der Waals surface area contributed by atoms with Gasteiger partial charge in [0.2, 0.25) is 0 Å². The number of nitrogens with zero attached hydrogens (tertiary/aromatic N) is 1. The summed E-state index contributed by atoms with van der Waals surface area (Å²) in [5, 5.41) is 10.3. The quantitative estimate of drug-likeness (QED) is 0.772. The Hall–Kier alpha value is -3.01. The first kappa shape index (κ1) is 17.8. The van der Waals surface area contributed by atoms with Gasteiger partial charge in [0.1, 0.15) is 5.57 Å². The van der Waals surface area contributed by atoms with Gasteiger partial charge in [0, 0.05) is 6.42 Å². The van der Waals surface area contributed by atoms with E-state index in [1.165, 1.54) is 0 Å². The Bertz CT molecular complexity index is 895. The monoisotopic (exact) mass is 347 g/mol. The summed E-state index contributed by atoms with van der Waals surface area (Å²) in [4.78, 5) is 28.4. The molecule has 2 aromatic carbocycles. The van der Waals surface area contributed by atoms with Crippen LogP contribution < -0.4 is 0 Å². The Morgan fingerprint density at radius 3 is 2.42 bits per heavy atom. The van der Waals surface area contributed by atoms with Gasteiger partial charge in [-0.15, -0.1) is 0 Å². The van der Waals surface area contributed by atoms with Crippen LogP contribution in [0.2, 0.25) is 0 Å². The molecular weight excluding hydrogens is 326 g/mol. The molecule has 4 nitrogen and oxygen atoms in total. The van der Waals surface area contributed by atoms with Crippen LogP contribution in [0.15, 0.2) is 70.9 Å². The number of hydrogen-bond acceptors (Lipinski definition) is 3. The van der Waals surface area contributed by atoms with Crippen LogP contribution in [-0.4, -0.2) is 22.5 Å². The van der Waals surface area contributed by atoms with Gasteiger partial charge in [-0.2, -0.15) is 0 Å². The van der Waals surface area contributed by atoms with Crippen LogP contribution >= 0.6 is 0 Å². The summed E-state index contributed by atoms with van der Waals surface area (Å²) < 4.78 is 0. The number of benzene rings is 2. The predicted octanol–water partition coefficient (Wildman–Crippen LogP) is 3.92. The third kappa shape index (κ3) is 4.14. The van der Waals surface area contributed by atoms with Gasteiger partial charge in [-0.25, -0.2) is 4.99 Å². The van der Waals surface area contributed by atoms with Crippen molar-refractivity contribution in [2.75, 3.05) is 0 Å². The highest BCUT2D eigenvalue weighted by Gasteiger charge is 2.31. The van der Waals surface area contributed by atoms with E-state index < -0.39 is 5.91 Å². The molecule has 1 aliphatic rings. The van der Waals surface area contributed by atoms with Crippen LogP contribution in [0.3, 0.4) is 0 Å². The number of amides is 1. The number of aryl methyl sites for hydroxylation is 3. The Labute approximate surface area is 152 Å². The van der Waals surface area contributed by atoms with E-state index >= 15 is 0 Å². The molecule has 0 spiro atoms. The molecule has 0 saturated heterocycles. The number of Topliss-reactive ketones (excluding diaryl/α,β-unsaturated/α-hetero) is 1. The van der Waals surface area contributed by atoms with Gasteiger partial charge in [0.15, 0.2) is 11.5 Å². The minimum Gasteiger partial charge on any atom is -0.505 e. The van der Waals surface area contributed by atoms with E-state index in [2.05, 4.69) is 4.99 Å². The second-order valence-corrected chi connectivity index (χ2v) is 6.49. The molecule has 4 heteroatoms. The second kappa shape index (κ2) is 7.91. The van der Waals surface area contributed by atoms with Crippen LogP contribution in [0.1, 0.15) is 29.5 Å². The normalized spacial score (nSPS) is 13.9. The zero-order valence-corrected chi connectivity index (χ0v) is 14.7. The topological polar surface area (TPSA) is 66.7 Å². The molecule has 0 unspecified atom stereocenters. The van der Waals surface area contributed by atoms with E-state index in [9.17, 15) is 14.7 Å². The maximum absolute atomic E-state index is 12.4. The fourth-order valence-corrected chi connectivity index (χ4v) is 3.06. The minimum absolute atomic E-state index is 0.166. The lowest BCUT2D eigenvalue weighted by Crippen LogP contribution is -2.12. The third-order valence-corrected chi connectivity index (χ3v) is 4.46. The Morgan fingerprint density at radius 2 is 1.69 bits per heavy atom. The molecule has 0 atom stereocenters. The number of aliphatic hydroxyl groups is 1. The standard InChI is InChI=1S/C22H21NO3/c1-15-6-5-9-17(14-15)11-13-19(24)20-21(25)18(23-22(20)26)12-10-16-7-3-2-4-8-16/h2-9,14,25H,10-13H2,1H3. The van der Waals surface area contributed by atoms with Gasteiger partial charge in [-0.05, 0) is 37.3 Å². The van der Waals surface area contributed by atoms with E-state index in [0.717, 1.165) is 16.7 Å². The van der Waals surface area contributed by atoms with Crippen LogP contribution in [0.25, 0.3) is 0 Å². The molecule has 2 aromatic rings. The summed E-state index contributed by atoms with van der Waals surface area (Å²) >= 11 is 0. The van der Waals surface area contributed by atoms with Crippen molar-refractivity contribution < 1.29 is 14.7 Å². The highest BCUT2D eigenvalue weighted by atomic mass is 16.3. The van der Waals surface area contributed by atoms with E-state index in [0.29, 0.717) is 25.0 Å². The van der Waals surface area contributed by atoms with Crippen LogP contribution in [0.5, 0.6) is 0 Å². The smallest absolute Gasteiger partial charge is 0.284 e. The van der Waals surface area contributed by atoms with E-state index in [4.69, 9.17) is 0 Å². The van der Waals surface area contributed by atoms with E-state index in [1.54, 1.807) is 0 Å². The Kier molecular flexibility index (Phi) is 5.42. The molecule has 0 saturated carbocycles. The molecule has 132 valence electrons. The molecule has 0 bridgehead atoms. The van der Waals surface area contributed by atoms with Crippen molar-refractivity contribution in [1.82, 2.24) is 0 Å². The number of aliphatic imine (C=N–C) groups is 1. The molecule has 1 heterocycles. The molecule has 1 aliphatic heterocycles. The third-order valence-electron chi connectivity index (χ3n) is 4.46. The highest BCUT2D eigenvalue weighted by Crippen LogP contribution is 2.21. The summed E-state index contributed by atoms with van der Waals surface area (Å²) in [5.41, 5.74) is 3.39. The number of carbonyl (C=O) groups is 2. The number of ketones is 1. The SMILES string of the molecule is Cc1cccc(CCC(=O)C2=C(O)C(CCc3ccccc3)=NC2=O)c1. The predicted molar refractivity (Wildman–Crippen MR) is 101 cm³/mol. The number of aliphatic hydroxyl groups excluding tert-OH is 1. The molecule has 0 fully saturated rings. The van der Waals surface area contributed by atoms with Crippen molar-refractivity contribution in [3.05, 3.63) is 82.6 Å². The van der Waals surface area contributed by atoms with Gasteiger partial charge in [-0.3, -0.25) is 9.59 Å². The van der Waals surface area contributed by atoms with Crippen LogP contribution in [-0.2, 0) is 22.4 Å². The number of allylic oxidation sites excluding steroid dienone is 1. The molecule has 1 amide bonds. The lowest BCUT2D eigenvalue weighted by molar-refractivity contribution is -0.120. The van der Waals surface area contributed by atoms with Crippen molar-refractivity contribution in [2.45, 2.75) is 32.6 Å². The average molecular weight is 347 g/mol. The Morgan fingerprint density at radius 1 is 0.962 bits per heavy atom. The van der Waals surface area contributed by atoms with Crippen molar-refractivity contribution in [3.8, 4) is 0 Å². The minimum atomic E-state index is -0.625. The van der Waals surface area contributed by atoms with E-state index in [-0.39, 0.29) is 23.5 Å². The molecular formula is C22H21NO3. The maximum atomic E-state index is 12.4. The number of carbonyl (C=O) groups excluding carboxylic acids is 2. The zero-order chi connectivity index (χ0) is 18.5. The van der Waals surface area contributed by atoms with Crippen molar-refractivity contribution in [3.63, 3.8) is 0 Å². The molecule has 26 heavy (non-hydrogen) atoms. The summed E-state index contributed by atoms with van der Waals surface area (Å²) in [7, 11) is 0. The molecule has 3 rings (SSSR count). The first-order chi connectivity index (χ1) is 12.5. The van der Waals surface area contributed by atoms with Gasteiger partial charge < -0.3 is 5.11 Å². The average Bonchev–Trinajstić information content (AvgIpc) is 2.92. The largest absolute Gasteiger partial charge is 0.505 e. The molecule has 0 aliphatic carbocycles. The Balaban J connectivity index is 1.64. The van der Waals surface area contributed by atoms with Crippen molar-refractivity contribution in [1.29, 1.82) is 0 Å². The first-order valence-corrected chi connectivity index (χ1v) is 8.73. The van der Waals surface area contributed by atoms with Gasteiger partial charge in [-0.1, -0.05) is 60.2 Å². The summed E-state index contributed by atoms with van der Waals surface area (Å²) in [5.74, 6) is -1.23. The maximum Gasteiger partial charge on any atom is 0.284 e. The fourth-order valence-electron chi connectivity index (χ4n) is 3.06. The lowest BCUT2D eigenvalue weighted by Gasteiger charge is -2.04. The van der Waals surface area contributed by atoms with Crippen LogP contribution in [0.4, 0.5) is 0 Å². The van der Waals surface area contributed by atoms with Gasteiger partial charge in [0.25, 0.3) is 5.91 Å². The lowest BCUT2D eigenvalue weighted by atomic mass is 9.99. The van der Waals surface area contributed by atoms with Crippen LogP contribution in [0, 0.1) is 6.92 Å². The summed E-state index contributed by atoms with van der Waals surface area (Å²) in [6, 6.07) is 17.7. The number of rotatable bonds is 7. The zero-order valence-electron chi connectivity index (χ0n) is 14.7. The molecule has 0 radical (unpaired) electrons.